The lowest BCUT2D eigenvalue weighted by molar-refractivity contribution is 0.646. The summed E-state index contributed by atoms with van der Waals surface area (Å²) in [6.45, 7) is 19.0. The number of nitrogen functional groups attached to an aromatic ring is 2. The van der Waals surface area contributed by atoms with Gasteiger partial charge in [-0.1, -0.05) is 98.3 Å². The predicted octanol–water partition coefficient (Wildman–Crippen LogP) is 7.90. The van der Waals surface area contributed by atoms with E-state index in [2.05, 4.69) is 81.2 Å². The lowest BCUT2D eigenvalue weighted by atomic mass is 10.2. The summed E-state index contributed by atoms with van der Waals surface area (Å²) in [5.74, 6) is 3.31. The van der Waals surface area contributed by atoms with Crippen LogP contribution in [-0.4, -0.2) is 76.2 Å². The third kappa shape index (κ3) is 15.0. The number of aromatic nitrogens is 6. The van der Waals surface area contributed by atoms with Crippen molar-refractivity contribution in [2.75, 3.05) is 77.4 Å². The van der Waals surface area contributed by atoms with E-state index in [0.29, 0.717) is 17.8 Å². The molecule has 0 saturated heterocycles. The van der Waals surface area contributed by atoms with Crippen molar-refractivity contribution in [3.05, 3.63) is 30.3 Å². The molecule has 0 aliphatic heterocycles. The maximum atomic E-state index is 6.03. The number of unbranched alkanes of at least 4 members (excludes halogenated alkanes) is 6. The number of benzene rings is 1. The highest BCUT2D eigenvalue weighted by atomic mass is 15.4. The van der Waals surface area contributed by atoms with Gasteiger partial charge >= 0.3 is 0 Å². The highest BCUT2D eigenvalue weighted by Gasteiger charge is 2.17. The minimum Gasteiger partial charge on any atom is -0.368 e. The van der Waals surface area contributed by atoms with Gasteiger partial charge in [-0.15, -0.1) is 0 Å². The monoisotopic (exact) mass is 679 g/mol. The van der Waals surface area contributed by atoms with Gasteiger partial charge in [-0.25, -0.2) is 0 Å². The second kappa shape index (κ2) is 24.2. The van der Waals surface area contributed by atoms with Crippen LogP contribution in [0.4, 0.5) is 41.4 Å². The number of nitrogens with two attached hydrogens (primary N) is 2. The summed E-state index contributed by atoms with van der Waals surface area (Å²) >= 11 is 0. The van der Waals surface area contributed by atoms with Gasteiger partial charge in [0, 0.05) is 52.0 Å². The Morgan fingerprint density at radius 2 is 0.714 bits per heavy atom. The molecule has 0 fully saturated rings. The summed E-state index contributed by atoms with van der Waals surface area (Å²) in [7, 11) is 1.94. The third-order valence-corrected chi connectivity index (χ3v) is 8.24. The Balaban J connectivity index is 0.000000340. The van der Waals surface area contributed by atoms with E-state index < -0.39 is 0 Å². The zero-order valence-corrected chi connectivity index (χ0v) is 31.7. The van der Waals surface area contributed by atoms with Crippen LogP contribution < -0.4 is 31.1 Å². The van der Waals surface area contributed by atoms with Gasteiger partial charge in [0.2, 0.25) is 35.7 Å². The molecule has 3 aromatic rings. The van der Waals surface area contributed by atoms with Gasteiger partial charge < -0.3 is 31.1 Å². The van der Waals surface area contributed by atoms with Gasteiger partial charge in [0.15, 0.2) is 0 Å². The molecule has 274 valence electrons. The summed E-state index contributed by atoms with van der Waals surface area (Å²) in [5, 5.41) is 0. The minimum atomic E-state index is 0.260. The molecule has 0 amide bonds. The molecule has 0 aliphatic rings. The van der Waals surface area contributed by atoms with Crippen molar-refractivity contribution in [3.8, 4) is 0 Å². The molecule has 12 nitrogen and oxygen atoms in total. The summed E-state index contributed by atoms with van der Waals surface area (Å²) in [6.07, 6.45) is 13.7. The van der Waals surface area contributed by atoms with Crippen LogP contribution in [0.25, 0.3) is 0 Å². The molecule has 0 saturated carbocycles. The SMILES string of the molecule is CCCCN(CCCC)c1nc(N)nc(N(C)c2ccccc2)n1.CCCCN(CCCC)c1nc(N)nc(N(CCCC)CCCC)n1. The van der Waals surface area contributed by atoms with Crippen molar-refractivity contribution in [3.63, 3.8) is 0 Å². The van der Waals surface area contributed by atoms with Crippen LogP contribution in [-0.2, 0) is 0 Å². The van der Waals surface area contributed by atoms with Crippen molar-refractivity contribution in [1.82, 2.24) is 29.9 Å². The highest BCUT2D eigenvalue weighted by molar-refractivity contribution is 5.58. The molecule has 2 aromatic heterocycles. The first-order chi connectivity index (χ1) is 23.8. The van der Waals surface area contributed by atoms with Crippen molar-refractivity contribution in [1.29, 1.82) is 0 Å². The molecule has 0 bridgehead atoms. The number of nitrogens with zero attached hydrogens (tertiary/aromatic N) is 10. The molecule has 2 heterocycles. The molecular weight excluding hydrogens is 612 g/mol. The molecule has 3 rings (SSSR count). The molecule has 12 heteroatoms. The summed E-state index contributed by atoms with van der Waals surface area (Å²) in [5.41, 5.74) is 13.0. The lowest BCUT2D eigenvalue weighted by Gasteiger charge is -2.26. The Hall–Kier alpha value is -3.96. The largest absolute Gasteiger partial charge is 0.368 e. The van der Waals surface area contributed by atoms with Gasteiger partial charge in [0.1, 0.15) is 0 Å². The van der Waals surface area contributed by atoms with E-state index in [1.807, 2.05) is 42.3 Å². The molecule has 1 aromatic carbocycles. The number of hydrogen-bond donors (Lipinski definition) is 2. The Morgan fingerprint density at radius 3 is 1.02 bits per heavy atom. The Labute approximate surface area is 297 Å². The molecule has 4 N–H and O–H groups in total. The van der Waals surface area contributed by atoms with E-state index in [9.17, 15) is 0 Å². The summed E-state index contributed by atoms with van der Waals surface area (Å²) in [4.78, 5) is 35.7. The van der Waals surface area contributed by atoms with Crippen LogP contribution >= 0.6 is 0 Å². The average Bonchev–Trinajstić information content (AvgIpc) is 3.11. The summed E-state index contributed by atoms with van der Waals surface area (Å²) in [6, 6.07) is 10.0. The topological polar surface area (TPSA) is 142 Å². The zero-order chi connectivity index (χ0) is 35.9. The predicted molar refractivity (Wildman–Crippen MR) is 209 cm³/mol. The van der Waals surface area contributed by atoms with Crippen molar-refractivity contribution >= 4 is 41.4 Å². The van der Waals surface area contributed by atoms with E-state index in [-0.39, 0.29) is 5.95 Å². The normalized spacial score (nSPS) is 10.8. The van der Waals surface area contributed by atoms with Gasteiger partial charge in [-0.05, 0) is 50.7 Å². The number of anilines is 7. The van der Waals surface area contributed by atoms with Crippen LogP contribution in [0, 0.1) is 0 Å². The number of rotatable bonds is 23. The molecular formula is C37H66N12. The van der Waals surface area contributed by atoms with E-state index in [0.717, 1.165) is 134 Å². The smallest absolute Gasteiger partial charge is 0.236 e. The number of para-hydroxylation sites is 1. The maximum Gasteiger partial charge on any atom is 0.236 e. The van der Waals surface area contributed by atoms with Crippen LogP contribution in [0.15, 0.2) is 30.3 Å². The van der Waals surface area contributed by atoms with Crippen LogP contribution in [0.2, 0.25) is 0 Å². The first-order valence-corrected chi connectivity index (χ1v) is 18.9. The minimum absolute atomic E-state index is 0.260. The third-order valence-electron chi connectivity index (χ3n) is 8.24. The Kier molecular flexibility index (Phi) is 20.4. The second-order valence-corrected chi connectivity index (χ2v) is 12.6. The second-order valence-electron chi connectivity index (χ2n) is 12.6. The van der Waals surface area contributed by atoms with Crippen molar-refractivity contribution in [2.45, 2.75) is 119 Å². The Morgan fingerprint density at radius 1 is 0.429 bits per heavy atom. The van der Waals surface area contributed by atoms with E-state index in [4.69, 9.17) is 16.5 Å². The summed E-state index contributed by atoms with van der Waals surface area (Å²) < 4.78 is 0. The Bertz CT molecular complexity index is 1210. The fourth-order valence-corrected chi connectivity index (χ4v) is 5.11. The van der Waals surface area contributed by atoms with Crippen LogP contribution in [0.5, 0.6) is 0 Å². The van der Waals surface area contributed by atoms with E-state index in [1.165, 1.54) is 0 Å². The molecule has 0 atom stereocenters. The van der Waals surface area contributed by atoms with Gasteiger partial charge in [0.25, 0.3) is 0 Å². The molecule has 0 spiro atoms. The fourth-order valence-electron chi connectivity index (χ4n) is 5.11. The van der Waals surface area contributed by atoms with Crippen molar-refractivity contribution < 1.29 is 0 Å². The zero-order valence-electron chi connectivity index (χ0n) is 31.7. The van der Waals surface area contributed by atoms with Gasteiger partial charge in [0.05, 0.1) is 0 Å². The van der Waals surface area contributed by atoms with E-state index in [1.54, 1.807) is 0 Å². The number of hydrogen-bond acceptors (Lipinski definition) is 12. The van der Waals surface area contributed by atoms with Crippen LogP contribution in [0.1, 0.15) is 119 Å². The molecule has 0 aliphatic carbocycles. The fraction of sp³-hybridized carbons (Fsp3) is 0.676. The van der Waals surface area contributed by atoms with Gasteiger partial charge in [-0.3, -0.25) is 0 Å². The highest BCUT2D eigenvalue weighted by Crippen LogP contribution is 2.23. The van der Waals surface area contributed by atoms with Crippen molar-refractivity contribution in [2.24, 2.45) is 0 Å². The van der Waals surface area contributed by atoms with E-state index >= 15 is 0 Å². The average molecular weight is 679 g/mol. The molecule has 49 heavy (non-hydrogen) atoms. The molecule has 0 radical (unpaired) electrons. The first kappa shape index (κ1) is 41.2. The maximum absolute atomic E-state index is 6.03. The molecule has 0 unspecified atom stereocenters. The lowest BCUT2D eigenvalue weighted by Crippen LogP contribution is -2.31. The quantitative estimate of drug-likeness (QED) is 0.101. The first-order valence-electron chi connectivity index (χ1n) is 18.9. The van der Waals surface area contributed by atoms with Gasteiger partial charge in [-0.2, -0.15) is 29.9 Å². The van der Waals surface area contributed by atoms with Crippen LogP contribution in [0.3, 0.4) is 0 Å². The standard InChI is InChI=1S/C19H38N6.C18H28N6/c1-5-9-13-24(14-10-6-2)18-21-17(20)22-19(23-18)25(15-11-7-3)16-12-8-4;1-4-6-13-24(14-7-5-2)18-21-16(19)20-17(22-18)23(3)15-11-9-8-10-12-15/h5-16H2,1-4H3,(H2,20,21,22,23);8-12H,4-7,13-14H2,1-3H3,(H2,19,20,21,22).